The maximum Gasteiger partial charge on any atom is 0.140 e. The molecule has 21 heavy (non-hydrogen) atoms. The van der Waals surface area contributed by atoms with Crippen molar-refractivity contribution in [2.75, 3.05) is 0 Å². The summed E-state index contributed by atoms with van der Waals surface area (Å²) in [6.45, 7) is 0.823. The Kier molecular flexibility index (Phi) is 3.01. The molecule has 3 nitrogen and oxygen atoms in total. The lowest BCUT2D eigenvalue weighted by atomic mass is 10.1. The van der Waals surface area contributed by atoms with E-state index < -0.39 is 0 Å². The van der Waals surface area contributed by atoms with E-state index in [-0.39, 0.29) is 0 Å². The lowest BCUT2D eigenvalue weighted by Gasteiger charge is -2.08. The highest BCUT2D eigenvalue weighted by atomic mass is 32.1. The molecule has 3 heterocycles. The summed E-state index contributed by atoms with van der Waals surface area (Å²) in [5.74, 6) is 0.975. The monoisotopic (exact) mass is 291 g/mol. The van der Waals surface area contributed by atoms with Gasteiger partial charge in [-0.25, -0.2) is 4.98 Å². The summed E-state index contributed by atoms with van der Waals surface area (Å²) in [7, 11) is 0. The third kappa shape index (κ3) is 2.34. The van der Waals surface area contributed by atoms with Crippen LogP contribution in [0.4, 0.5) is 0 Å². The number of imidazole rings is 1. The summed E-state index contributed by atoms with van der Waals surface area (Å²) >= 11 is 1.78. The number of nitrogens with zero attached hydrogens (tertiary/aromatic N) is 3. The number of rotatable bonds is 3. The van der Waals surface area contributed by atoms with Gasteiger partial charge in [0.2, 0.25) is 0 Å². The molecule has 0 unspecified atom stereocenters. The number of fused-ring (bicyclic) bond motifs is 1. The summed E-state index contributed by atoms with van der Waals surface area (Å²) in [6.07, 6.45) is 7.46. The van der Waals surface area contributed by atoms with Crippen LogP contribution in [-0.2, 0) is 6.54 Å². The minimum atomic E-state index is 0.823. The number of pyridine rings is 1. The Morgan fingerprint density at radius 3 is 2.81 bits per heavy atom. The van der Waals surface area contributed by atoms with E-state index in [0.29, 0.717) is 0 Å². The first-order chi connectivity index (χ1) is 10.4. The molecule has 4 aromatic rings. The predicted molar refractivity (Wildman–Crippen MR) is 86.4 cm³/mol. The van der Waals surface area contributed by atoms with Gasteiger partial charge in [-0.15, -0.1) is 11.3 Å². The molecular weight excluding hydrogens is 278 g/mol. The lowest BCUT2D eigenvalue weighted by Crippen LogP contribution is -2.01. The predicted octanol–water partition coefficient (Wildman–Crippen LogP) is 4.21. The highest BCUT2D eigenvalue weighted by molar-refractivity contribution is 7.17. The van der Waals surface area contributed by atoms with Crippen LogP contribution in [0.1, 0.15) is 5.56 Å². The zero-order valence-electron chi connectivity index (χ0n) is 11.3. The summed E-state index contributed by atoms with van der Waals surface area (Å²) in [5.41, 5.74) is 2.38. The van der Waals surface area contributed by atoms with Crippen LogP contribution in [0.5, 0.6) is 0 Å². The number of hydrogen-bond acceptors (Lipinski definition) is 3. The van der Waals surface area contributed by atoms with Crippen LogP contribution < -0.4 is 0 Å². The first-order valence-electron chi connectivity index (χ1n) is 6.78. The van der Waals surface area contributed by atoms with E-state index in [1.165, 1.54) is 15.6 Å². The molecule has 0 fully saturated rings. The summed E-state index contributed by atoms with van der Waals surface area (Å²) in [6, 6.07) is 12.8. The molecule has 102 valence electrons. The first-order valence-corrected chi connectivity index (χ1v) is 7.66. The van der Waals surface area contributed by atoms with Gasteiger partial charge in [-0.2, -0.15) is 0 Å². The van der Waals surface area contributed by atoms with E-state index in [0.717, 1.165) is 17.9 Å². The lowest BCUT2D eigenvalue weighted by molar-refractivity contribution is 0.808. The van der Waals surface area contributed by atoms with Crippen molar-refractivity contribution >= 4 is 21.4 Å². The molecule has 1 aromatic carbocycles. The highest BCUT2D eigenvalue weighted by Gasteiger charge is 2.06. The Hall–Kier alpha value is -2.46. The molecule has 0 aliphatic heterocycles. The van der Waals surface area contributed by atoms with Crippen molar-refractivity contribution in [2.24, 2.45) is 0 Å². The molecule has 0 radical (unpaired) electrons. The van der Waals surface area contributed by atoms with Crippen LogP contribution >= 0.6 is 11.3 Å². The largest absolute Gasteiger partial charge is 0.327 e. The van der Waals surface area contributed by atoms with Gasteiger partial charge in [0.25, 0.3) is 0 Å². The first kappa shape index (κ1) is 12.3. The Bertz CT molecular complexity index is 877. The summed E-state index contributed by atoms with van der Waals surface area (Å²) < 4.78 is 3.50. The van der Waals surface area contributed by atoms with Crippen molar-refractivity contribution in [3.63, 3.8) is 0 Å². The molecule has 3 aromatic heterocycles. The second kappa shape index (κ2) is 5.14. The average molecular weight is 291 g/mol. The second-order valence-corrected chi connectivity index (χ2v) is 5.86. The maximum atomic E-state index is 4.47. The van der Waals surface area contributed by atoms with Gasteiger partial charge in [0, 0.05) is 41.6 Å². The quantitative estimate of drug-likeness (QED) is 0.566. The standard InChI is InChI=1S/C17H13N3S/c1-2-16-15(5-10-21-16)11-13(1)12-20-9-8-19-17(20)14-3-6-18-7-4-14/h1-11H,12H2. The Labute approximate surface area is 126 Å². The van der Waals surface area contributed by atoms with E-state index >= 15 is 0 Å². The maximum absolute atomic E-state index is 4.47. The van der Waals surface area contributed by atoms with Crippen molar-refractivity contribution in [3.8, 4) is 11.4 Å². The summed E-state index contributed by atoms with van der Waals surface area (Å²) in [5, 5.41) is 3.44. The minimum Gasteiger partial charge on any atom is -0.327 e. The fraction of sp³-hybridized carbons (Fsp3) is 0.0588. The molecule has 0 atom stereocenters. The SMILES string of the molecule is c1cc(-c2nccn2Cc2ccc3sccc3c2)ccn1. The molecule has 0 bridgehead atoms. The molecule has 0 aliphatic carbocycles. The number of hydrogen-bond donors (Lipinski definition) is 0. The van der Waals surface area contributed by atoms with Crippen LogP contribution in [0.15, 0.2) is 66.6 Å². The van der Waals surface area contributed by atoms with Gasteiger partial charge in [0.05, 0.1) is 0 Å². The van der Waals surface area contributed by atoms with Crippen LogP contribution in [0.3, 0.4) is 0 Å². The van der Waals surface area contributed by atoms with Crippen LogP contribution in [-0.4, -0.2) is 14.5 Å². The molecule has 4 rings (SSSR count). The third-order valence-corrected chi connectivity index (χ3v) is 4.42. The second-order valence-electron chi connectivity index (χ2n) is 4.91. The van der Waals surface area contributed by atoms with Crippen molar-refractivity contribution in [1.82, 2.24) is 14.5 Å². The van der Waals surface area contributed by atoms with E-state index in [1.807, 2.05) is 24.5 Å². The molecule has 0 spiro atoms. The minimum absolute atomic E-state index is 0.823. The molecular formula is C17H13N3S. The van der Waals surface area contributed by atoms with Crippen LogP contribution in [0.2, 0.25) is 0 Å². The fourth-order valence-corrected chi connectivity index (χ4v) is 3.28. The van der Waals surface area contributed by atoms with Gasteiger partial charge >= 0.3 is 0 Å². The van der Waals surface area contributed by atoms with Gasteiger partial charge in [0.15, 0.2) is 0 Å². The van der Waals surface area contributed by atoms with Crippen LogP contribution in [0.25, 0.3) is 21.5 Å². The molecule has 0 amide bonds. The van der Waals surface area contributed by atoms with Gasteiger partial charge in [-0.1, -0.05) is 6.07 Å². The van der Waals surface area contributed by atoms with Gasteiger partial charge < -0.3 is 4.57 Å². The molecule has 0 N–H and O–H groups in total. The third-order valence-electron chi connectivity index (χ3n) is 3.52. The van der Waals surface area contributed by atoms with Gasteiger partial charge in [-0.05, 0) is 46.7 Å². The molecule has 0 saturated heterocycles. The Balaban J connectivity index is 1.70. The average Bonchev–Trinajstić information content (AvgIpc) is 3.16. The van der Waals surface area contributed by atoms with E-state index in [2.05, 4.69) is 44.2 Å². The number of aromatic nitrogens is 3. The van der Waals surface area contributed by atoms with Crippen molar-refractivity contribution in [3.05, 3.63) is 72.1 Å². The van der Waals surface area contributed by atoms with Crippen molar-refractivity contribution in [1.29, 1.82) is 0 Å². The fourth-order valence-electron chi connectivity index (χ4n) is 2.51. The summed E-state index contributed by atoms with van der Waals surface area (Å²) in [4.78, 5) is 8.53. The Morgan fingerprint density at radius 2 is 1.90 bits per heavy atom. The van der Waals surface area contributed by atoms with E-state index in [1.54, 1.807) is 23.7 Å². The van der Waals surface area contributed by atoms with Gasteiger partial charge in [-0.3, -0.25) is 4.98 Å². The topological polar surface area (TPSA) is 30.7 Å². The molecule has 4 heteroatoms. The normalized spacial score (nSPS) is 11.0. The van der Waals surface area contributed by atoms with E-state index in [4.69, 9.17) is 0 Å². The zero-order valence-corrected chi connectivity index (χ0v) is 12.1. The molecule has 0 saturated carbocycles. The van der Waals surface area contributed by atoms with Crippen molar-refractivity contribution < 1.29 is 0 Å². The Morgan fingerprint density at radius 1 is 1.00 bits per heavy atom. The number of benzene rings is 1. The van der Waals surface area contributed by atoms with E-state index in [9.17, 15) is 0 Å². The zero-order chi connectivity index (χ0) is 14.1. The van der Waals surface area contributed by atoms with Gasteiger partial charge in [0.1, 0.15) is 5.82 Å². The smallest absolute Gasteiger partial charge is 0.140 e. The number of thiophene rings is 1. The molecule has 0 aliphatic rings. The van der Waals surface area contributed by atoms with Crippen LogP contribution in [0, 0.1) is 0 Å². The van der Waals surface area contributed by atoms with Crippen molar-refractivity contribution in [2.45, 2.75) is 6.54 Å². The highest BCUT2D eigenvalue weighted by Crippen LogP contribution is 2.23.